The number of hydrogen-bond acceptors (Lipinski definition) is 5. The summed E-state index contributed by atoms with van der Waals surface area (Å²) in [7, 11) is 0. The monoisotopic (exact) mass is 381 g/mol. The summed E-state index contributed by atoms with van der Waals surface area (Å²) >= 11 is 0. The first-order valence-corrected chi connectivity index (χ1v) is 9.46. The molecule has 1 aliphatic rings. The second kappa shape index (κ2) is 8.80. The van der Waals surface area contributed by atoms with E-state index in [1.165, 1.54) is 0 Å². The molecule has 146 valence electrons. The molecule has 0 saturated carbocycles. The molecule has 3 heterocycles. The summed E-state index contributed by atoms with van der Waals surface area (Å²) in [5.41, 5.74) is 0.586. The normalized spacial score (nSPS) is 16.2. The number of rotatable bonds is 8. The summed E-state index contributed by atoms with van der Waals surface area (Å²) in [5.74, 6) is 2.07. The van der Waals surface area contributed by atoms with Crippen LogP contribution >= 0.6 is 0 Å². The van der Waals surface area contributed by atoms with Crippen molar-refractivity contribution in [2.45, 2.75) is 32.0 Å². The number of ether oxygens (including phenoxy) is 2. The molecule has 0 radical (unpaired) electrons. The van der Waals surface area contributed by atoms with Crippen molar-refractivity contribution in [3.63, 3.8) is 0 Å². The fourth-order valence-corrected chi connectivity index (χ4v) is 3.22. The Morgan fingerprint density at radius 3 is 2.21 bits per heavy atom. The maximum Gasteiger partial charge on any atom is 0.254 e. The molecule has 0 N–H and O–H groups in total. The van der Waals surface area contributed by atoms with Gasteiger partial charge in [-0.25, -0.2) is 0 Å². The Kier molecular flexibility index (Phi) is 5.77. The highest BCUT2D eigenvalue weighted by Crippen LogP contribution is 2.19. The molecular formula is C22H23NO5. The summed E-state index contributed by atoms with van der Waals surface area (Å²) in [6.07, 6.45) is 5.49. The smallest absolute Gasteiger partial charge is 0.254 e. The predicted molar refractivity (Wildman–Crippen MR) is 102 cm³/mol. The highest BCUT2D eigenvalue weighted by atomic mass is 16.5. The Hall–Kier alpha value is -2.99. The van der Waals surface area contributed by atoms with E-state index in [-0.39, 0.29) is 12.0 Å². The van der Waals surface area contributed by atoms with Crippen molar-refractivity contribution < 1.29 is 23.1 Å². The summed E-state index contributed by atoms with van der Waals surface area (Å²) in [6, 6.07) is 14.5. The highest BCUT2D eigenvalue weighted by molar-refractivity contribution is 5.94. The Morgan fingerprint density at radius 1 is 1.00 bits per heavy atom. The van der Waals surface area contributed by atoms with Crippen LogP contribution in [0.4, 0.5) is 0 Å². The van der Waals surface area contributed by atoms with E-state index in [1.54, 1.807) is 29.6 Å². The Bertz CT molecular complexity index is 813. The van der Waals surface area contributed by atoms with Crippen molar-refractivity contribution in [1.82, 2.24) is 4.90 Å². The average Bonchev–Trinajstić information content (AvgIpc) is 3.49. The lowest BCUT2D eigenvalue weighted by atomic mass is 10.1. The van der Waals surface area contributed by atoms with Crippen LogP contribution in [0.5, 0.6) is 5.75 Å². The first-order chi connectivity index (χ1) is 13.8. The minimum Gasteiger partial charge on any atom is -0.491 e. The van der Waals surface area contributed by atoms with Crippen molar-refractivity contribution >= 4 is 5.91 Å². The topological polar surface area (TPSA) is 65.1 Å². The van der Waals surface area contributed by atoms with Crippen LogP contribution in [0.25, 0.3) is 0 Å². The van der Waals surface area contributed by atoms with Crippen LogP contribution in [-0.4, -0.2) is 30.1 Å². The van der Waals surface area contributed by atoms with Gasteiger partial charge in [0, 0.05) is 12.2 Å². The van der Waals surface area contributed by atoms with Crippen molar-refractivity contribution in [2.24, 2.45) is 0 Å². The SMILES string of the molecule is O=C(c1ccc(OCC2CCCO2)cc1)N(Cc1ccco1)Cc1ccco1. The van der Waals surface area contributed by atoms with Gasteiger partial charge in [0.1, 0.15) is 23.9 Å². The van der Waals surface area contributed by atoms with Gasteiger partial charge in [-0.2, -0.15) is 0 Å². The highest BCUT2D eigenvalue weighted by Gasteiger charge is 2.20. The fourth-order valence-electron chi connectivity index (χ4n) is 3.22. The van der Waals surface area contributed by atoms with Crippen molar-refractivity contribution in [3.05, 3.63) is 78.1 Å². The molecule has 1 unspecified atom stereocenters. The molecule has 0 spiro atoms. The van der Waals surface area contributed by atoms with Gasteiger partial charge in [0.25, 0.3) is 5.91 Å². The molecule has 1 atom stereocenters. The molecule has 1 amide bonds. The largest absolute Gasteiger partial charge is 0.491 e. The zero-order valence-corrected chi connectivity index (χ0v) is 15.6. The average molecular weight is 381 g/mol. The van der Waals surface area contributed by atoms with Gasteiger partial charge in [-0.15, -0.1) is 0 Å². The van der Waals surface area contributed by atoms with Gasteiger partial charge in [-0.3, -0.25) is 4.79 Å². The predicted octanol–water partition coefficient (Wildman–Crippen LogP) is 4.27. The summed E-state index contributed by atoms with van der Waals surface area (Å²) in [5, 5.41) is 0. The lowest BCUT2D eigenvalue weighted by Gasteiger charge is -2.21. The van der Waals surface area contributed by atoms with Gasteiger partial charge in [-0.1, -0.05) is 0 Å². The third-order valence-electron chi connectivity index (χ3n) is 4.70. The molecule has 1 aromatic carbocycles. The number of hydrogen-bond donors (Lipinski definition) is 0. The number of carbonyl (C=O) groups excluding carboxylic acids is 1. The van der Waals surface area contributed by atoms with Crippen LogP contribution in [-0.2, 0) is 17.8 Å². The van der Waals surface area contributed by atoms with E-state index >= 15 is 0 Å². The molecule has 6 nitrogen and oxygen atoms in total. The van der Waals surface area contributed by atoms with Crippen LogP contribution in [0.15, 0.2) is 69.9 Å². The summed E-state index contributed by atoms with van der Waals surface area (Å²) in [6.45, 7) is 2.08. The maximum atomic E-state index is 13.1. The second-order valence-corrected chi connectivity index (χ2v) is 6.79. The molecule has 1 saturated heterocycles. The third kappa shape index (κ3) is 4.64. The minimum atomic E-state index is -0.0986. The Labute approximate surface area is 163 Å². The van der Waals surface area contributed by atoms with Crippen molar-refractivity contribution in [1.29, 1.82) is 0 Å². The number of nitrogens with zero attached hydrogens (tertiary/aromatic N) is 1. The first-order valence-electron chi connectivity index (χ1n) is 9.46. The number of furan rings is 2. The molecule has 6 heteroatoms. The zero-order valence-electron chi connectivity index (χ0n) is 15.6. The number of amides is 1. The Balaban J connectivity index is 1.42. The zero-order chi connectivity index (χ0) is 19.2. The molecule has 0 bridgehead atoms. The first kappa shape index (κ1) is 18.4. The fraction of sp³-hybridized carbons (Fsp3) is 0.318. The Morgan fingerprint density at radius 2 is 1.68 bits per heavy atom. The maximum absolute atomic E-state index is 13.1. The number of benzene rings is 1. The molecule has 1 aliphatic heterocycles. The standard InChI is InChI=1S/C22H23NO5/c24-22(17-7-9-18(10-8-17)28-16-21-6-3-13-27-21)23(14-19-4-1-11-25-19)15-20-5-2-12-26-20/h1-2,4-5,7-12,21H,3,6,13-16H2. The van der Waals surface area contributed by atoms with E-state index in [0.717, 1.165) is 36.7 Å². The molecule has 0 aliphatic carbocycles. The van der Waals surface area contributed by atoms with Gasteiger partial charge in [0.05, 0.1) is 31.7 Å². The molecule has 4 rings (SSSR count). The van der Waals surface area contributed by atoms with Crippen LogP contribution < -0.4 is 4.74 Å². The molecular weight excluding hydrogens is 358 g/mol. The lowest BCUT2D eigenvalue weighted by molar-refractivity contribution is 0.0677. The van der Waals surface area contributed by atoms with E-state index in [2.05, 4.69) is 0 Å². The van der Waals surface area contributed by atoms with Gasteiger partial charge in [0.15, 0.2) is 0 Å². The lowest BCUT2D eigenvalue weighted by Crippen LogP contribution is -2.29. The molecule has 1 fully saturated rings. The quantitative estimate of drug-likeness (QED) is 0.583. The minimum absolute atomic E-state index is 0.0986. The summed E-state index contributed by atoms with van der Waals surface area (Å²) in [4.78, 5) is 14.8. The van der Waals surface area contributed by atoms with Crippen LogP contribution in [0, 0.1) is 0 Å². The molecule has 2 aromatic heterocycles. The van der Waals surface area contributed by atoms with Gasteiger partial charge < -0.3 is 23.2 Å². The molecule has 3 aromatic rings. The van der Waals surface area contributed by atoms with Gasteiger partial charge in [-0.05, 0) is 61.4 Å². The summed E-state index contributed by atoms with van der Waals surface area (Å²) < 4.78 is 22.2. The van der Waals surface area contributed by atoms with E-state index < -0.39 is 0 Å². The number of carbonyl (C=O) groups is 1. The van der Waals surface area contributed by atoms with Crippen molar-refractivity contribution in [2.75, 3.05) is 13.2 Å². The van der Waals surface area contributed by atoms with E-state index in [1.807, 2.05) is 36.4 Å². The van der Waals surface area contributed by atoms with Crippen LogP contribution in [0.3, 0.4) is 0 Å². The van der Waals surface area contributed by atoms with Gasteiger partial charge >= 0.3 is 0 Å². The van der Waals surface area contributed by atoms with Crippen molar-refractivity contribution in [3.8, 4) is 5.75 Å². The van der Waals surface area contributed by atoms with Crippen LogP contribution in [0.2, 0.25) is 0 Å². The van der Waals surface area contributed by atoms with Crippen LogP contribution in [0.1, 0.15) is 34.7 Å². The molecule has 28 heavy (non-hydrogen) atoms. The van der Waals surface area contributed by atoms with Gasteiger partial charge in [0.2, 0.25) is 0 Å². The van der Waals surface area contributed by atoms with E-state index in [0.29, 0.717) is 25.3 Å². The van der Waals surface area contributed by atoms with E-state index in [9.17, 15) is 4.79 Å². The third-order valence-corrected chi connectivity index (χ3v) is 4.70. The second-order valence-electron chi connectivity index (χ2n) is 6.79. The van der Waals surface area contributed by atoms with E-state index in [4.69, 9.17) is 18.3 Å².